The van der Waals surface area contributed by atoms with Crippen LogP contribution in [0.25, 0.3) is 0 Å². The molecule has 1 heterocycles. The van der Waals surface area contributed by atoms with E-state index in [0.29, 0.717) is 19.5 Å². The Balaban J connectivity index is 2.44. The number of urea groups is 1. The molecule has 1 rings (SSSR count). The van der Waals surface area contributed by atoms with Gasteiger partial charge in [-0.3, -0.25) is 4.79 Å². The van der Waals surface area contributed by atoms with Gasteiger partial charge in [-0.25, -0.2) is 4.79 Å². The van der Waals surface area contributed by atoms with E-state index in [-0.39, 0.29) is 18.0 Å². The summed E-state index contributed by atoms with van der Waals surface area (Å²) in [6.45, 7) is 4.45. The summed E-state index contributed by atoms with van der Waals surface area (Å²) in [5, 5.41) is 17.4. The highest BCUT2D eigenvalue weighted by atomic mass is 16.4. The topological polar surface area (TPSA) is 84.6 Å². The fourth-order valence-electron chi connectivity index (χ4n) is 1.87. The number of likely N-dealkylation sites (tertiary alicyclic amines) is 1. The molecule has 18 heavy (non-hydrogen) atoms. The van der Waals surface area contributed by atoms with Gasteiger partial charge in [0.1, 0.15) is 0 Å². The number of carboxylic acid groups (broad SMARTS) is 1. The van der Waals surface area contributed by atoms with Crippen molar-refractivity contribution in [1.29, 1.82) is 5.26 Å². The van der Waals surface area contributed by atoms with E-state index >= 15 is 0 Å². The monoisotopic (exact) mass is 253 g/mol. The first-order valence-electron chi connectivity index (χ1n) is 6.00. The van der Waals surface area contributed by atoms with Crippen LogP contribution in [0.1, 0.15) is 20.3 Å². The summed E-state index contributed by atoms with van der Waals surface area (Å²) >= 11 is 0. The number of aliphatic carboxylic acids is 1. The predicted molar refractivity (Wildman–Crippen MR) is 64.7 cm³/mol. The fraction of sp³-hybridized carbons (Fsp3) is 0.750. The van der Waals surface area contributed by atoms with Gasteiger partial charge in [-0.1, -0.05) is 6.92 Å². The molecule has 0 aromatic carbocycles. The lowest BCUT2D eigenvalue weighted by Crippen LogP contribution is -2.57. The summed E-state index contributed by atoms with van der Waals surface area (Å²) < 4.78 is 0. The smallest absolute Gasteiger partial charge is 0.320 e. The van der Waals surface area contributed by atoms with Gasteiger partial charge in [0.15, 0.2) is 0 Å². The van der Waals surface area contributed by atoms with E-state index in [1.807, 2.05) is 13.0 Å². The molecule has 0 spiro atoms. The Morgan fingerprint density at radius 3 is 2.50 bits per heavy atom. The molecule has 1 saturated heterocycles. The lowest BCUT2D eigenvalue weighted by molar-refractivity contribution is -0.144. The van der Waals surface area contributed by atoms with Crippen molar-refractivity contribution >= 4 is 12.0 Å². The number of amides is 2. The van der Waals surface area contributed by atoms with Gasteiger partial charge in [0.2, 0.25) is 0 Å². The molecule has 0 aromatic heterocycles. The number of nitrogens with zero attached hydrogens (tertiary/aromatic N) is 3. The third-order valence-electron chi connectivity index (χ3n) is 3.63. The van der Waals surface area contributed by atoms with Gasteiger partial charge in [0, 0.05) is 32.1 Å². The lowest BCUT2D eigenvalue weighted by atomic mass is 9.87. The number of hydrogen-bond acceptors (Lipinski definition) is 3. The molecule has 0 bridgehead atoms. The van der Waals surface area contributed by atoms with Crippen LogP contribution in [0.2, 0.25) is 0 Å². The molecular weight excluding hydrogens is 234 g/mol. The molecule has 1 aliphatic heterocycles. The lowest BCUT2D eigenvalue weighted by Gasteiger charge is -2.43. The average molecular weight is 253 g/mol. The first-order chi connectivity index (χ1) is 8.38. The van der Waals surface area contributed by atoms with E-state index in [2.05, 4.69) is 0 Å². The second-order valence-electron chi connectivity index (χ2n) is 4.90. The van der Waals surface area contributed by atoms with Gasteiger partial charge >= 0.3 is 12.0 Å². The first kappa shape index (κ1) is 14.3. The second kappa shape index (κ2) is 5.71. The van der Waals surface area contributed by atoms with Crippen LogP contribution in [0.5, 0.6) is 0 Å². The Labute approximate surface area is 107 Å². The van der Waals surface area contributed by atoms with E-state index in [4.69, 9.17) is 10.4 Å². The van der Waals surface area contributed by atoms with Crippen molar-refractivity contribution in [1.82, 2.24) is 9.80 Å². The maximum Gasteiger partial charge on any atom is 0.320 e. The molecule has 2 amide bonds. The van der Waals surface area contributed by atoms with Crippen molar-refractivity contribution in [2.24, 2.45) is 11.8 Å². The summed E-state index contributed by atoms with van der Waals surface area (Å²) in [5.74, 6) is -1.21. The summed E-state index contributed by atoms with van der Waals surface area (Å²) in [7, 11) is 1.66. The van der Waals surface area contributed by atoms with E-state index in [1.165, 1.54) is 4.90 Å². The normalized spacial score (nSPS) is 18.4. The van der Waals surface area contributed by atoms with Gasteiger partial charge in [-0.2, -0.15) is 5.26 Å². The quantitative estimate of drug-likeness (QED) is 0.809. The van der Waals surface area contributed by atoms with Gasteiger partial charge < -0.3 is 14.9 Å². The minimum Gasteiger partial charge on any atom is -0.481 e. The number of nitriles is 1. The Kier molecular flexibility index (Phi) is 4.54. The second-order valence-corrected chi connectivity index (χ2v) is 4.90. The maximum absolute atomic E-state index is 12.0. The number of carbonyl (C=O) groups excluding carboxylic acids is 1. The Bertz CT molecular complexity index is 371. The van der Waals surface area contributed by atoms with Crippen LogP contribution in [0.3, 0.4) is 0 Å². The van der Waals surface area contributed by atoms with Crippen molar-refractivity contribution in [2.45, 2.75) is 26.3 Å². The number of hydrogen-bond donors (Lipinski definition) is 1. The number of carbonyl (C=O) groups is 2. The molecule has 2 atom stereocenters. The average Bonchev–Trinajstić information content (AvgIpc) is 2.25. The van der Waals surface area contributed by atoms with Crippen molar-refractivity contribution < 1.29 is 14.7 Å². The Morgan fingerprint density at radius 1 is 1.50 bits per heavy atom. The minimum atomic E-state index is -0.821. The van der Waals surface area contributed by atoms with Crippen LogP contribution < -0.4 is 0 Å². The molecule has 1 aliphatic rings. The van der Waals surface area contributed by atoms with Gasteiger partial charge in [-0.05, 0) is 6.92 Å². The molecule has 6 heteroatoms. The van der Waals surface area contributed by atoms with Gasteiger partial charge in [0.05, 0.1) is 18.4 Å². The molecular formula is C12H19N3O3. The van der Waals surface area contributed by atoms with Crippen molar-refractivity contribution in [3.8, 4) is 6.07 Å². The SMILES string of the molecule is CC(C(=O)O)C1CN(C(=O)N(C)C(C)CC#N)C1. The standard InChI is InChI=1S/C12H19N3O3/c1-8(4-5-13)14(3)12(18)15-6-10(7-15)9(2)11(16)17/h8-10H,4,6-7H2,1-3H3,(H,16,17). The van der Waals surface area contributed by atoms with Crippen molar-refractivity contribution in [3.63, 3.8) is 0 Å². The summed E-state index contributed by atoms with van der Waals surface area (Å²) in [6, 6.07) is 1.77. The first-order valence-corrected chi connectivity index (χ1v) is 6.00. The van der Waals surface area contributed by atoms with Gasteiger partial charge in [-0.15, -0.1) is 0 Å². The highest BCUT2D eigenvalue weighted by Crippen LogP contribution is 2.25. The molecule has 0 aliphatic carbocycles. The van der Waals surface area contributed by atoms with E-state index in [1.54, 1.807) is 18.9 Å². The molecule has 6 nitrogen and oxygen atoms in total. The Morgan fingerprint density at radius 2 is 2.06 bits per heavy atom. The third-order valence-corrected chi connectivity index (χ3v) is 3.63. The number of carboxylic acids is 1. The molecule has 0 aromatic rings. The summed E-state index contributed by atoms with van der Waals surface area (Å²) in [6.07, 6.45) is 0.297. The van der Waals surface area contributed by atoms with Crippen LogP contribution in [0.4, 0.5) is 4.79 Å². The molecule has 1 N–H and O–H groups in total. The van der Waals surface area contributed by atoms with Gasteiger partial charge in [0.25, 0.3) is 0 Å². The predicted octanol–water partition coefficient (Wildman–Crippen LogP) is 0.993. The fourth-order valence-corrected chi connectivity index (χ4v) is 1.87. The van der Waals surface area contributed by atoms with Crippen molar-refractivity contribution in [2.75, 3.05) is 20.1 Å². The van der Waals surface area contributed by atoms with Crippen LogP contribution in [-0.4, -0.2) is 53.1 Å². The van der Waals surface area contributed by atoms with Crippen LogP contribution >= 0.6 is 0 Å². The largest absolute Gasteiger partial charge is 0.481 e. The molecule has 1 fully saturated rings. The van der Waals surface area contributed by atoms with Crippen LogP contribution in [0.15, 0.2) is 0 Å². The van der Waals surface area contributed by atoms with E-state index in [0.717, 1.165) is 0 Å². The van der Waals surface area contributed by atoms with Crippen molar-refractivity contribution in [3.05, 3.63) is 0 Å². The summed E-state index contributed by atoms with van der Waals surface area (Å²) in [4.78, 5) is 25.9. The Hall–Kier alpha value is -1.77. The molecule has 100 valence electrons. The number of rotatable bonds is 4. The zero-order valence-corrected chi connectivity index (χ0v) is 11.0. The molecule has 0 saturated carbocycles. The van der Waals surface area contributed by atoms with E-state index in [9.17, 15) is 9.59 Å². The van der Waals surface area contributed by atoms with Crippen LogP contribution in [-0.2, 0) is 4.79 Å². The highest BCUT2D eigenvalue weighted by Gasteiger charge is 2.38. The zero-order valence-electron chi connectivity index (χ0n) is 11.0. The maximum atomic E-state index is 12.0. The third kappa shape index (κ3) is 2.92. The minimum absolute atomic E-state index is 0.0334. The zero-order chi connectivity index (χ0) is 13.9. The molecule has 0 radical (unpaired) electrons. The highest BCUT2D eigenvalue weighted by molar-refractivity contribution is 5.76. The molecule has 2 unspecified atom stereocenters. The van der Waals surface area contributed by atoms with Crippen LogP contribution in [0, 0.1) is 23.2 Å². The van der Waals surface area contributed by atoms with E-state index < -0.39 is 11.9 Å². The summed E-state index contributed by atoms with van der Waals surface area (Å²) in [5.41, 5.74) is 0.